The van der Waals surface area contributed by atoms with Gasteiger partial charge in [-0.15, -0.1) is 0 Å². The molecule has 3 rings (SSSR count). The highest BCUT2D eigenvalue weighted by atomic mass is 32.2. The van der Waals surface area contributed by atoms with E-state index < -0.39 is 32.7 Å². The second-order valence-electron chi connectivity index (χ2n) is 6.02. The van der Waals surface area contributed by atoms with Crippen molar-refractivity contribution in [1.29, 1.82) is 0 Å². The van der Waals surface area contributed by atoms with Crippen molar-refractivity contribution in [3.05, 3.63) is 64.5 Å². The van der Waals surface area contributed by atoms with Crippen LogP contribution in [0.15, 0.2) is 53.4 Å². The average molecular weight is 393 g/mol. The zero-order valence-electron chi connectivity index (χ0n) is 14.0. The number of rotatable bonds is 5. The lowest BCUT2D eigenvalue weighted by Crippen LogP contribution is -2.43. The van der Waals surface area contributed by atoms with Crippen LogP contribution in [-0.2, 0) is 14.8 Å². The first-order valence-electron chi connectivity index (χ1n) is 8.12. The van der Waals surface area contributed by atoms with Crippen molar-refractivity contribution in [3.63, 3.8) is 0 Å². The number of benzene rings is 2. The van der Waals surface area contributed by atoms with E-state index >= 15 is 0 Å². The van der Waals surface area contributed by atoms with E-state index in [1.807, 2.05) is 0 Å². The van der Waals surface area contributed by atoms with Crippen LogP contribution < -0.4 is 5.32 Å². The number of anilines is 1. The number of non-ortho nitro benzene ring substituents is 1. The summed E-state index contributed by atoms with van der Waals surface area (Å²) in [5.74, 6) is -1.13. The van der Waals surface area contributed by atoms with Crippen LogP contribution in [0.4, 0.5) is 15.8 Å². The van der Waals surface area contributed by atoms with Crippen molar-refractivity contribution in [1.82, 2.24) is 4.31 Å². The number of nitrogens with zero attached hydrogens (tertiary/aromatic N) is 2. The Kier molecular flexibility index (Phi) is 5.19. The largest absolute Gasteiger partial charge is 0.324 e. The molecule has 1 heterocycles. The van der Waals surface area contributed by atoms with E-state index in [-0.39, 0.29) is 22.8 Å². The fraction of sp³-hybridized carbons (Fsp3) is 0.235. The van der Waals surface area contributed by atoms with Gasteiger partial charge in [0.1, 0.15) is 11.9 Å². The number of nitro groups is 1. The fourth-order valence-electron chi connectivity index (χ4n) is 2.95. The first-order chi connectivity index (χ1) is 12.8. The molecule has 142 valence electrons. The van der Waals surface area contributed by atoms with Gasteiger partial charge in [0.25, 0.3) is 5.69 Å². The lowest BCUT2D eigenvalue weighted by molar-refractivity contribution is -0.384. The van der Waals surface area contributed by atoms with Crippen LogP contribution >= 0.6 is 0 Å². The Morgan fingerprint density at radius 2 is 1.93 bits per heavy atom. The lowest BCUT2D eigenvalue weighted by atomic mass is 10.2. The molecule has 0 aromatic heterocycles. The smallest absolute Gasteiger partial charge is 0.271 e. The number of halogens is 1. The van der Waals surface area contributed by atoms with Crippen LogP contribution in [-0.4, -0.2) is 36.1 Å². The third kappa shape index (κ3) is 3.96. The Bertz CT molecular complexity index is 978. The third-order valence-corrected chi connectivity index (χ3v) is 6.17. The topological polar surface area (TPSA) is 110 Å². The van der Waals surface area contributed by atoms with Gasteiger partial charge < -0.3 is 5.32 Å². The highest BCUT2D eigenvalue weighted by Crippen LogP contribution is 2.27. The normalized spacial score (nSPS) is 17.6. The van der Waals surface area contributed by atoms with Gasteiger partial charge in [0.15, 0.2) is 0 Å². The van der Waals surface area contributed by atoms with Crippen molar-refractivity contribution in [3.8, 4) is 0 Å². The molecule has 27 heavy (non-hydrogen) atoms. The minimum absolute atomic E-state index is 0.0982. The highest BCUT2D eigenvalue weighted by molar-refractivity contribution is 7.89. The summed E-state index contributed by atoms with van der Waals surface area (Å²) in [7, 11) is -3.97. The first-order valence-corrected chi connectivity index (χ1v) is 9.56. The molecule has 0 aliphatic carbocycles. The number of sulfonamides is 1. The molecule has 1 atom stereocenters. The number of hydrogen-bond acceptors (Lipinski definition) is 5. The molecule has 1 amide bonds. The number of nitro benzene ring substituents is 1. The Labute approximate surface area is 154 Å². The van der Waals surface area contributed by atoms with Crippen molar-refractivity contribution in [2.24, 2.45) is 0 Å². The summed E-state index contributed by atoms with van der Waals surface area (Å²) in [5.41, 5.74) is 0.0234. The summed E-state index contributed by atoms with van der Waals surface area (Å²) < 4.78 is 39.7. The van der Waals surface area contributed by atoms with Gasteiger partial charge in [0.05, 0.1) is 9.82 Å². The molecule has 1 unspecified atom stereocenters. The molecule has 0 radical (unpaired) electrons. The van der Waals surface area contributed by atoms with E-state index in [2.05, 4.69) is 5.32 Å². The third-order valence-electron chi connectivity index (χ3n) is 4.25. The van der Waals surface area contributed by atoms with Gasteiger partial charge in [-0.25, -0.2) is 12.8 Å². The van der Waals surface area contributed by atoms with E-state index in [0.717, 1.165) is 28.6 Å². The van der Waals surface area contributed by atoms with Crippen LogP contribution in [0.2, 0.25) is 0 Å². The maximum atomic E-state index is 13.1. The first kappa shape index (κ1) is 18.9. The fourth-order valence-corrected chi connectivity index (χ4v) is 4.61. The molecule has 8 nitrogen and oxygen atoms in total. The molecule has 10 heteroatoms. The van der Waals surface area contributed by atoms with Gasteiger partial charge in [-0.3, -0.25) is 14.9 Å². The molecule has 2 aromatic carbocycles. The van der Waals surface area contributed by atoms with Crippen LogP contribution in [0.5, 0.6) is 0 Å². The number of hydrogen-bond donors (Lipinski definition) is 1. The maximum Gasteiger partial charge on any atom is 0.271 e. The molecular formula is C17H16FN3O5S. The number of carbonyl (C=O) groups is 1. The Morgan fingerprint density at radius 1 is 1.22 bits per heavy atom. The van der Waals surface area contributed by atoms with Crippen molar-refractivity contribution < 1.29 is 22.5 Å². The van der Waals surface area contributed by atoms with Gasteiger partial charge >= 0.3 is 0 Å². The summed E-state index contributed by atoms with van der Waals surface area (Å²) >= 11 is 0. The Balaban J connectivity index is 1.81. The molecule has 0 saturated carbocycles. The lowest BCUT2D eigenvalue weighted by Gasteiger charge is -2.23. The average Bonchev–Trinajstić information content (AvgIpc) is 3.13. The number of carbonyl (C=O) groups excluding carboxylic acids is 1. The van der Waals surface area contributed by atoms with Gasteiger partial charge in [-0.1, -0.05) is 6.07 Å². The Morgan fingerprint density at radius 3 is 2.59 bits per heavy atom. The highest BCUT2D eigenvalue weighted by Gasteiger charge is 2.39. The predicted molar refractivity (Wildman–Crippen MR) is 95.0 cm³/mol. The van der Waals surface area contributed by atoms with Crippen molar-refractivity contribution >= 4 is 27.3 Å². The summed E-state index contributed by atoms with van der Waals surface area (Å²) in [5, 5.41) is 13.4. The summed E-state index contributed by atoms with van der Waals surface area (Å²) in [6, 6.07) is 8.84. The van der Waals surface area contributed by atoms with Crippen LogP contribution in [0.25, 0.3) is 0 Å². The van der Waals surface area contributed by atoms with Crippen molar-refractivity contribution in [2.75, 3.05) is 11.9 Å². The van der Waals surface area contributed by atoms with Crippen molar-refractivity contribution in [2.45, 2.75) is 23.8 Å². The molecule has 0 spiro atoms. The van der Waals surface area contributed by atoms with Gasteiger partial charge in [-0.2, -0.15) is 4.31 Å². The second-order valence-corrected chi connectivity index (χ2v) is 7.91. The molecular weight excluding hydrogens is 377 g/mol. The zero-order valence-corrected chi connectivity index (χ0v) is 14.9. The molecule has 1 fully saturated rings. The summed E-state index contributed by atoms with van der Waals surface area (Å²) in [4.78, 5) is 22.7. The maximum absolute atomic E-state index is 13.1. The molecule has 1 aliphatic rings. The van der Waals surface area contributed by atoms with E-state index in [0.29, 0.717) is 12.8 Å². The molecule has 1 saturated heterocycles. The van der Waals surface area contributed by atoms with Crippen LogP contribution in [0, 0.1) is 15.9 Å². The quantitative estimate of drug-likeness (QED) is 0.620. The number of amides is 1. The van der Waals surface area contributed by atoms with E-state index in [1.165, 1.54) is 24.3 Å². The monoisotopic (exact) mass is 393 g/mol. The molecule has 0 bridgehead atoms. The van der Waals surface area contributed by atoms with E-state index in [9.17, 15) is 27.7 Å². The predicted octanol–water partition coefficient (Wildman–Crippen LogP) is 2.53. The van der Waals surface area contributed by atoms with E-state index in [1.54, 1.807) is 0 Å². The molecule has 1 N–H and O–H groups in total. The molecule has 1 aliphatic heterocycles. The van der Waals surface area contributed by atoms with Crippen LogP contribution in [0.1, 0.15) is 12.8 Å². The SMILES string of the molecule is O=C(Nc1cccc([N+](=O)[O-])c1)C1CCCN1S(=O)(=O)c1ccc(F)cc1. The van der Waals surface area contributed by atoms with Crippen LogP contribution in [0.3, 0.4) is 0 Å². The Hall–Kier alpha value is -2.85. The van der Waals surface area contributed by atoms with Gasteiger partial charge in [-0.05, 0) is 43.2 Å². The standard InChI is InChI=1S/C17H16FN3O5S/c18-12-6-8-15(9-7-12)27(25,26)20-10-2-5-16(20)17(22)19-13-3-1-4-14(11-13)21(23)24/h1,3-4,6-9,11,16H,2,5,10H2,(H,19,22). The minimum Gasteiger partial charge on any atom is -0.324 e. The van der Waals surface area contributed by atoms with Gasteiger partial charge in [0, 0.05) is 24.4 Å². The minimum atomic E-state index is -3.97. The van der Waals surface area contributed by atoms with Gasteiger partial charge in [0.2, 0.25) is 15.9 Å². The summed E-state index contributed by atoms with van der Waals surface area (Å²) in [6.45, 7) is 0.159. The molecule has 2 aromatic rings. The second kappa shape index (κ2) is 7.41. The summed E-state index contributed by atoms with van der Waals surface area (Å²) in [6.07, 6.45) is 0.814. The van der Waals surface area contributed by atoms with E-state index in [4.69, 9.17) is 0 Å². The zero-order chi connectivity index (χ0) is 19.6. The number of nitrogens with one attached hydrogen (secondary N) is 1.